The number of nitrogens with zero attached hydrogens (tertiary/aromatic N) is 2. The number of halogens is 2. The van der Waals surface area contributed by atoms with E-state index in [4.69, 9.17) is 4.42 Å². The van der Waals surface area contributed by atoms with Crippen molar-refractivity contribution in [2.24, 2.45) is 0 Å². The molecule has 2 aromatic heterocycles. The standard InChI is InChI=1S/C24H24N4O.2ClH/c1-2-5-17(6-3-1)23-21(7-4-9-27-23)28-15-20-14-19(22-16-25-10-11-26-22)13-18-8-12-29-24(18)20;;/h1-3,5-6,8,10-14,16,21,23,27-28H,4,7,9,15H2;2*1H/t21-,23-;;/m1../s1. The Kier molecular flexibility index (Phi) is 8.04. The molecule has 0 bridgehead atoms. The van der Waals surface area contributed by atoms with E-state index in [2.05, 4.69) is 63.1 Å². The van der Waals surface area contributed by atoms with Crippen LogP contribution in [0, 0.1) is 0 Å². The zero-order valence-electron chi connectivity index (χ0n) is 17.0. The summed E-state index contributed by atoms with van der Waals surface area (Å²) in [5.74, 6) is 0. The summed E-state index contributed by atoms with van der Waals surface area (Å²) in [5.41, 5.74) is 5.35. The van der Waals surface area contributed by atoms with Gasteiger partial charge in [0.1, 0.15) is 5.58 Å². The normalized spacial score (nSPS) is 18.2. The zero-order valence-corrected chi connectivity index (χ0v) is 18.7. The summed E-state index contributed by atoms with van der Waals surface area (Å²) in [5, 5.41) is 8.56. The first-order valence-corrected chi connectivity index (χ1v) is 10.2. The van der Waals surface area contributed by atoms with Crippen LogP contribution < -0.4 is 10.6 Å². The number of benzene rings is 2. The van der Waals surface area contributed by atoms with Crippen molar-refractivity contribution in [3.63, 3.8) is 0 Å². The predicted octanol–water partition coefficient (Wildman–Crippen LogP) is 5.32. The largest absolute Gasteiger partial charge is 0.464 e. The number of piperidine rings is 1. The summed E-state index contributed by atoms with van der Waals surface area (Å²) in [4.78, 5) is 8.67. The highest BCUT2D eigenvalue weighted by Crippen LogP contribution is 2.29. The first kappa shape index (κ1) is 23.2. The topological polar surface area (TPSA) is 63.0 Å². The molecule has 0 spiro atoms. The highest BCUT2D eigenvalue weighted by Gasteiger charge is 2.25. The Morgan fingerprint density at radius 3 is 2.74 bits per heavy atom. The van der Waals surface area contributed by atoms with Gasteiger partial charge in [0.05, 0.1) is 18.2 Å². The van der Waals surface area contributed by atoms with Gasteiger partial charge in [-0.25, -0.2) is 0 Å². The third-order valence-electron chi connectivity index (χ3n) is 5.66. The third kappa shape index (κ3) is 5.08. The molecule has 0 aliphatic carbocycles. The molecular weight excluding hydrogens is 431 g/mol. The molecule has 0 radical (unpaired) electrons. The highest BCUT2D eigenvalue weighted by molar-refractivity contribution is 5.86. The first-order valence-electron chi connectivity index (χ1n) is 10.2. The first-order chi connectivity index (χ1) is 14.4. The second-order valence-corrected chi connectivity index (χ2v) is 7.54. The SMILES string of the molecule is Cl.Cl.c1ccc([C@H]2NCCC[C@H]2NCc2cc(-c3cnccn3)cc3ccoc23)cc1. The smallest absolute Gasteiger partial charge is 0.138 e. The van der Waals surface area contributed by atoms with E-state index in [0.717, 1.165) is 47.3 Å². The Labute approximate surface area is 194 Å². The number of rotatable bonds is 5. The molecule has 1 fully saturated rings. The molecule has 162 valence electrons. The van der Waals surface area contributed by atoms with Gasteiger partial charge in [0.25, 0.3) is 0 Å². The van der Waals surface area contributed by atoms with Crippen molar-refractivity contribution in [1.29, 1.82) is 0 Å². The van der Waals surface area contributed by atoms with E-state index in [0.29, 0.717) is 12.1 Å². The number of hydrogen-bond donors (Lipinski definition) is 2. The zero-order chi connectivity index (χ0) is 19.5. The summed E-state index contributed by atoms with van der Waals surface area (Å²) >= 11 is 0. The van der Waals surface area contributed by atoms with E-state index in [1.54, 1.807) is 24.9 Å². The molecule has 5 nitrogen and oxygen atoms in total. The van der Waals surface area contributed by atoms with Crippen LogP contribution in [0.4, 0.5) is 0 Å². The van der Waals surface area contributed by atoms with Gasteiger partial charge < -0.3 is 15.1 Å². The molecule has 0 amide bonds. The molecule has 2 N–H and O–H groups in total. The van der Waals surface area contributed by atoms with Crippen molar-refractivity contribution in [1.82, 2.24) is 20.6 Å². The van der Waals surface area contributed by atoms with Crippen LogP contribution >= 0.6 is 24.8 Å². The quantitative estimate of drug-likeness (QED) is 0.425. The molecule has 3 heterocycles. The van der Waals surface area contributed by atoms with E-state index in [9.17, 15) is 0 Å². The Morgan fingerprint density at radius 1 is 1.06 bits per heavy atom. The average molecular weight is 457 g/mol. The minimum atomic E-state index is 0. The lowest BCUT2D eigenvalue weighted by Crippen LogP contribution is -2.45. The number of hydrogen-bond acceptors (Lipinski definition) is 5. The lowest BCUT2D eigenvalue weighted by Gasteiger charge is -2.34. The molecule has 31 heavy (non-hydrogen) atoms. The van der Waals surface area contributed by atoms with Crippen LogP contribution in [-0.4, -0.2) is 22.6 Å². The van der Waals surface area contributed by atoms with Gasteiger partial charge in [-0.2, -0.15) is 0 Å². The Balaban J connectivity index is 0.00000136. The van der Waals surface area contributed by atoms with Crippen LogP contribution in [0.1, 0.15) is 30.0 Å². The predicted molar refractivity (Wildman–Crippen MR) is 129 cm³/mol. The van der Waals surface area contributed by atoms with E-state index in [1.165, 1.54) is 12.0 Å². The number of nitrogens with one attached hydrogen (secondary N) is 2. The minimum Gasteiger partial charge on any atom is -0.464 e. The Morgan fingerprint density at radius 2 is 1.94 bits per heavy atom. The van der Waals surface area contributed by atoms with Gasteiger partial charge in [0.15, 0.2) is 0 Å². The van der Waals surface area contributed by atoms with Gasteiger partial charge in [0, 0.05) is 47.5 Å². The summed E-state index contributed by atoms with van der Waals surface area (Å²) in [6, 6.07) is 17.7. The lowest BCUT2D eigenvalue weighted by molar-refractivity contribution is 0.304. The number of fused-ring (bicyclic) bond motifs is 1. The maximum Gasteiger partial charge on any atom is 0.138 e. The van der Waals surface area contributed by atoms with Gasteiger partial charge in [-0.1, -0.05) is 30.3 Å². The summed E-state index contributed by atoms with van der Waals surface area (Å²) in [7, 11) is 0. The maximum atomic E-state index is 5.80. The van der Waals surface area contributed by atoms with E-state index in [1.807, 2.05) is 6.07 Å². The second-order valence-electron chi connectivity index (χ2n) is 7.54. The van der Waals surface area contributed by atoms with Crippen LogP contribution in [0.2, 0.25) is 0 Å². The van der Waals surface area contributed by atoms with Gasteiger partial charge in [-0.3, -0.25) is 9.97 Å². The molecule has 0 saturated carbocycles. The molecule has 5 rings (SSSR count). The molecule has 7 heteroatoms. The van der Waals surface area contributed by atoms with Gasteiger partial charge in [0.2, 0.25) is 0 Å². The van der Waals surface area contributed by atoms with Crippen molar-refractivity contribution in [2.75, 3.05) is 6.54 Å². The molecule has 2 aromatic carbocycles. The van der Waals surface area contributed by atoms with Crippen LogP contribution in [0.5, 0.6) is 0 Å². The molecule has 0 unspecified atom stereocenters. The van der Waals surface area contributed by atoms with Crippen LogP contribution in [-0.2, 0) is 6.54 Å². The van der Waals surface area contributed by atoms with Crippen molar-refractivity contribution in [2.45, 2.75) is 31.5 Å². The Bertz CT molecular complexity index is 1090. The number of aromatic nitrogens is 2. The highest BCUT2D eigenvalue weighted by atomic mass is 35.5. The number of furan rings is 1. The molecule has 2 atom stereocenters. The fraction of sp³-hybridized carbons (Fsp3) is 0.250. The maximum absolute atomic E-state index is 5.80. The van der Waals surface area contributed by atoms with Crippen molar-refractivity contribution < 1.29 is 4.42 Å². The van der Waals surface area contributed by atoms with Gasteiger partial charge in [-0.15, -0.1) is 24.8 Å². The van der Waals surface area contributed by atoms with Gasteiger partial charge in [-0.05, 0) is 43.1 Å². The van der Waals surface area contributed by atoms with E-state index < -0.39 is 0 Å². The van der Waals surface area contributed by atoms with E-state index in [-0.39, 0.29) is 24.8 Å². The van der Waals surface area contributed by atoms with E-state index >= 15 is 0 Å². The summed E-state index contributed by atoms with van der Waals surface area (Å²) in [6.07, 6.45) is 9.31. The third-order valence-corrected chi connectivity index (χ3v) is 5.66. The van der Waals surface area contributed by atoms with Gasteiger partial charge >= 0.3 is 0 Å². The monoisotopic (exact) mass is 456 g/mol. The van der Waals surface area contributed by atoms with Crippen molar-refractivity contribution in [3.05, 3.63) is 84.5 Å². The molecule has 1 aliphatic heterocycles. The molecule has 1 saturated heterocycles. The summed E-state index contributed by atoms with van der Waals surface area (Å²) < 4.78 is 5.80. The van der Waals surface area contributed by atoms with Crippen LogP contribution in [0.25, 0.3) is 22.2 Å². The lowest BCUT2D eigenvalue weighted by atomic mass is 9.92. The fourth-order valence-corrected chi connectivity index (χ4v) is 4.24. The minimum absolute atomic E-state index is 0. The van der Waals surface area contributed by atoms with Crippen LogP contribution in [0.15, 0.2) is 77.8 Å². The average Bonchev–Trinajstić information content (AvgIpc) is 3.28. The van der Waals surface area contributed by atoms with Crippen molar-refractivity contribution >= 4 is 35.8 Å². The molecular formula is C24H26Cl2N4O. The fourth-order valence-electron chi connectivity index (χ4n) is 4.24. The summed E-state index contributed by atoms with van der Waals surface area (Å²) in [6.45, 7) is 1.80. The second kappa shape index (κ2) is 10.7. The van der Waals surface area contributed by atoms with Crippen LogP contribution in [0.3, 0.4) is 0 Å². The Hall–Kier alpha value is -2.44. The molecule has 4 aromatic rings. The molecule has 1 aliphatic rings. The van der Waals surface area contributed by atoms with Crippen molar-refractivity contribution in [3.8, 4) is 11.3 Å².